The number of hydrogen-bond acceptors (Lipinski definition) is 3. The average molecular weight is 189 g/mol. The third-order valence-electron chi connectivity index (χ3n) is 2.72. The van der Waals surface area contributed by atoms with E-state index in [1.165, 1.54) is 6.92 Å². The minimum Gasteiger partial charge on any atom is -0.443 e. The molecule has 0 heterocycles. The third kappa shape index (κ3) is 1.24. The molecule has 3 aliphatic carbocycles. The van der Waals surface area contributed by atoms with Crippen molar-refractivity contribution in [2.75, 3.05) is 0 Å². The molecule has 0 spiro atoms. The second-order valence-corrected chi connectivity index (χ2v) is 3.76. The Labute approximate surface area is 82.7 Å². The highest BCUT2D eigenvalue weighted by molar-refractivity contribution is 5.67. The molecule has 2 bridgehead atoms. The lowest BCUT2D eigenvalue weighted by Gasteiger charge is -2.39. The van der Waals surface area contributed by atoms with Crippen molar-refractivity contribution in [3.63, 3.8) is 0 Å². The van der Waals surface area contributed by atoms with Gasteiger partial charge in [0.15, 0.2) is 0 Å². The Balaban J connectivity index is 2.31. The minimum atomic E-state index is -0.958. The monoisotopic (exact) mass is 189 g/mol. The summed E-state index contributed by atoms with van der Waals surface area (Å²) in [5.41, 5.74) is -0.958. The highest BCUT2D eigenvalue weighted by Crippen LogP contribution is 2.40. The van der Waals surface area contributed by atoms with Gasteiger partial charge in [-0.25, -0.2) is 0 Å². The number of ether oxygens (including phenoxy) is 1. The van der Waals surface area contributed by atoms with Gasteiger partial charge in [0.05, 0.1) is 0 Å². The van der Waals surface area contributed by atoms with Crippen LogP contribution in [0.3, 0.4) is 0 Å². The summed E-state index contributed by atoms with van der Waals surface area (Å²) in [6.07, 6.45) is 8.59. The minimum absolute atomic E-state index is 0.0820. The normalized spacial score (nSPS) is 38.0. The number of carbonyl (C=O) groups is 1. The summed E-state index contributed by atoms with van der Waals surface area (Å²) in [7, 11) is 0. The molecule has 0 fully saturated rings. The highest BCUT2D eigenvalue weighted by atomic mass is 16.6. The van der Waals surface area contributed by atoms with Crippen LogP contribution in [0.4, 0.5) is 0 Å². The van der Waals surface area contributed by atoms with Crippen LogP contribution in [0.1, 0.15) is 13.3 Å². The lowest BCUT2D eigenvalue weighted by molar-refractivity contribution is -0.155. The molecule has 0 aliphatic heterocycles. The van der Waals surface area contributed by atoms with Crippen molar-refractivity contribution in [1.82, 2.24) is 0 Å². The Morgan fingerprint density at radius 2 is 2.14 bits per heavy atom. The number of hydrogen-bond donors (Lipinski definition) is 0. The zero-order chi connectivity index (χ0) is 10.2. The molecule has 72 valence electrons. The zero-order valence-electron chi connectivity index (χ0n) is 7.93. The van der Waals surface area contributed by atoms with Crippen molar-refractivity contribution in [2.45, 2.75) is 18.9 Å². The maximum Gasteiger partial charge on any atom is 0.304 e. The third-order valence-corrected chi connectivity index (χ3v) is 2.72. The molecule has 0 saturated carbocycles. The highest BCUT2D eigenvalue weighted by Gasteiger charge is 2.45. The number of allylic oxidation sites excluding steroid dienone is 2. The van der Waals surface area contributed by atoms with Crippen LogP contribution < -0.4 is 0 Å². The van der Waals surface area contributed by atoms with Gasteiger partial charge in [-0.2, -0.15) is 5.26 Å². The molecule has 3 aliphatic rings. The standard InChI is InChI=1S/C11H11NO2/c1-8(13)14-11(7-12)6-9-2-4-10(11)5-3-9/h2-5,9-10H,6H2,1H3. The maximum atomic E-state index is 10.9. The van der Waals surface area contributed by atoms with Crippen LogP contribution in [0.5, 0.6) is 0 Å². The van der Waals surface area contributed by atoms with Crippen molar-refractivity contribution in [1.29, 1.82) is 5.26 Å². The van der Waals surface area contributed by atoms with Crippen molar-refractivity contribution >= 4 is 5.97 Å². The summed E-state index contributed by atoms with van der Waals surface area (Å²) < 4.78 is 5.16. The lowest BCUT2D eigenvalue weighted by atomic mass is 9.71. The van der Waals surface area contributed by atoms with E-state index in [4.69, 9.17) is 10.00 Å². The van der Waals surface area contributed by atoms with Gasteiger partial charge in [0.1, 0.15) is 6.07 Å². The van der Waals surface area contributed by atoms with E-state index < -0.39 is 5.60 Å². The first-order valence-electron chi connectivity index (χ1n) is 4.64. The first-order valence-corrected chi connectivity index (χ1v) is 4.64. The van der Waals surface area contributed by atoms with Crippen molar-refractivity contribution in [2.24, 2.45) is 11.8 Å². The number of nitriles is 1. The molecule has 0 aromatic heterocycles. The topological polar surface area (TPSA) is 50.1 Å². The second kappa shape index (κ2) is 2.98. The smallest absolute Gasteiger partial charge is 0.304 e. The molecule has 0 saturated heterocycles. The summed E-state index contributed by atoms with van der Waals surface area (Å²) in [4.78, 5) is 10.9. The van der Waals surface area contributed by atoms with Gasteiger partial charge in [-0.15, -0.1) is 0 Å². The molecule has 0 N–H and O–H groups in total. The Morgan fingerprint density at radius 1 is 1.50 bits per heavy atom. The molecule has 0 amide bonds. The fourth-order valence-corrected chi connectivity index (χ4v) is 2.10. The predicted molar refractivity (Wildman–Crippen MR) is 50.0 cm³/mol. The van der Waals surface area contributed by atoms with Crippen LogP contribution in [-0.4, -0.2) is 11.6 Å². The Bertz CT molecular complexity index is 350. The molecule has 0 aromatic carbocycles. The molecule has 1 unspecified atom stereocenters. The summed E-state index contributed by atoms with van der Waals surface area (Å²) in [6, 6.07) is 2.13. The quantitative estimate of drug-likeness (QED) is 0.464. The summed E-state index contributed by atoms with van der Waals surface area (Å²) in [5, 5.41) is 9.12. The fourth-order valence-electron chi connectivity index (χ4n) is 2.10. The van der Waals surface area contributed by atoms with Crippen LogP contribution in [-0.2, 0) is 9.53 Å². The van der Waals surface area contributed by atoms with E-state index >= 15 is 0 Å². The van der Waals surface area contributed by atoms with Crippen LogP contribution in [0.25, 0.3) is 0 Å². The maximum absolute atomic E-state index is 10.9. The number of rotatable bonds is 1. The van der Waals surface area contributed by atoms with Crippen molar-refractivity contribution < 1.29 is 9.53 Å². The van der Waals surface area contributed by atoms with Gasteiger partial charge in [0.2, 0.25) is 5.60 Å². The van der Waals surface area contributed by atoms with Crippen LogP contribution >= 0.6 is 0 Å². The summed E-state index contributed by atoms with van der Waals surface area (Å²) in [5.74, 6) is -0.235. The van der Waals surface area contributed by atoms with Crippen LogP contribution in [0.2, 0.25) is 0 Å². The Hall–Kier alpha value is -1.56. The molecule has 1 atom stereocenters. The predicted octanol–water partition coefficient (Wildman–Crippen LogP) is 1.57. The number of nitrogens with zero attached hydrogens (tertiary/aromatic N) is 1. The van der Waals surface area contributed by atoms with E-state index in [1.54, 1.807) is 0 Å². The Morgan fingerprint density at radius 3 is 2.50 bits per heavy atom. The number of carbonyl (C=O) groups excluding carboxylic acids is 1. The molecule has 0 aromatic rings. The van der Waals surface area contributed by atoms with Gasteiger partial charge < -0.3 is 4.74 Å². The Kier molecular flexibility index (Phi) is 1.92. The van der Waals surface area contributed by atoms with E-state index in [9.17, 15) is 4.79 Å². The van der Waals surface area contributed by atoms with E-state index in [0.717, 1.165) is 0 Å². The average Bonchev–Trinajstić information content (AvgIpc) is 2.18. The van der Waals surface area contributed by atoms with Gasteiger partial charge in [-0.3, -0.25) is 4.79 Å². The number of esters is 1. The van der Waals surface area contributed by atoms with Crippen molar-refractivity contribution in [3.8, 4) is 6.07 Å². The van der Waals surface area contributed by atoms with E-state index in [2.05, 4.69) is 18.2 Å². The van der Waals surface area contributed by atoms with E-state index in [0.29, 0.717) is 6.42 Å². The summed E-state index contributed by atoms with van der Waals surface area (Å²) in [6.45, 7) is 1.34. The SMILES string of the molecule is CC(=O)OC1(C#N)CC2C=CC1C=C2. The van der Waals surface area contributed by atoms with E-state index in [-0.39, 0.29) is 17.8 Å². The van der Waals surface area contributed by atoms with E-state index in [1.807, 2.05) is 12.2 Å². The van der Waals surface area contributed by atoms with Gasteiger partial charge >= 0.3 is 5.97 Å². The van der Waals surface area contributed by atoms with Crippen LogP contribution in [0.15, 0.2) is 24.3 Å². The molecular weight excluding hydrogens is 178 g/mol. The largest absolute Gasteiger partial charge is 0.443 e. The molecule has 3 nitrogen and oxygen atoms in total. The number of fused-ring (bicyclic) bond motifs is 1. The molecule has 3 rings (SSSR count). The summed E-state index contributed by atoms with van der Waals surface area (Å²) >= 11 is 0. The van der Waals surface area contributed by atoms with Gasteiger partial charge in [-0.1, -0.05) is 24.3 Å². The molecule has 0 radical (unpaired) electrons. The zero-order valence-corrected chi connectivity index (χ0v) is 7.93. The fraction of sp³-hybridized carbons (Fsp3) is 0.455. The van der Waals surface area contributed by atoms with Gasteiger partial charge in [0.25, 0.3) is 0 Å². The van der Waals surface area contributed by atoms with Crippen LogP contribution in [0, 0.1) is 23.2 Å². The first-order chi connectivity index (χ1) is 6.66. The molecular formula is C11H11NO2. The first kappa shape index (κ1) is 9.01. The molecule has 14 heavy (non-hydrogen) atoms. The van der Waals surface area contributed by atoms with Crippen molar-refractivity contribution in [3.05, 3.63) is 24.3 Å². The van der Waals surface area contributed by atoms with Gasteiger partial charge in [-0.05, 0) is 5.92 Å². The second-order valence-electron chi connectivity index (χ2n) is 3.76. The molecule has 3 heteroatoms. The lowest BCUT2D eigenvalue weighted by Crippen LogP contribution is -2.45. The van der Waals surface area contributed by atoms with Gasteiger partial charge in [0, 0.05) is 19.3 Å².